The van der Waals surface area contributed by atoms with Gasteiger partial charge in [-0.1, -0.05) is 92.7 Å². The molecule has 0 aromatic heterocycles. The number of ether oxygens (including phenoxy) is 2. The van der Waals surface area contributed by atoms with Crippen molar-refractivity contribution in [3.8, 4) is 22.6 Å². The minimum Gasteiger partial charge on any atom is -0.497 e. The maximum atomic E-state index is 12.3. The Bertz CT molecular complexity index is 1200. The van der Waals surface area contributed by atoms with Crippen molar-refractivity contribution in [2.45, 2.75) is 19.4 Å². The first-order valence-corrected chi connectivity index (χ1v) is 12.6. The van der Waals surface area contributed by atoms with Crippen LogP contribution in [0.5, 0.6) is 11.5 Å². The molecule has 4 heteroatoms. The van der Waals surface area contributed by atoms with Gasteiger partial charge < -0.3 is 19.5 Å². The maximum Gasteiger partial charge on any atom is 0.140 e. The molecule has 0 bridgehead atoms. The van der Waals surface area contributed by atoms with Gasteiger partial charge in [-0.05, 0) is 65.2 Å². The largest absolute Gasteiger partial charge is 0.497 e. The molecule has 1 unspecified atom stereocenters. The van der Waals surface area contributed by atoms with Crippen molar-refractivity contribution in [3.63, 3.8) is 0 Å². The van der Waals surface area contributed by atoms with Crippen molar-refractivity contribution in [1.29, 1.82) is 0 Å². The minimum absolute atomic E-state index is 0.630. The third-order valence-corrected chi connectivity index (χ3v) is 6.76. The maximum absolute atomic E-state index is 12.3. The fraction of sp³-hybridized carbons (Fsp3) is 0.250. The van der Waals surface area contributed by atoms with E-state index < -0.39 is 5.60 Å². The molecule has 0 spiro atoms. The van der Waals surface area contributed by atoms with Crippen LogP contribution in [0.25, 0.3) is 11.1 Å². The molecule has 0 radical (unpaired) electrons. The van der Waals surface area contributed by atoms with Crippen LogP contribution in [0.15, 0.2) is 103 Å². The molecule has 0 saturated carbocycles. The summed E-state index contributed by atoms with van der Waals surface area (Å²) in [6.07, 6.45) is 0. The molecule has 4 aromatic rings. The highest BCUT2D eigenvalue weighted by molar-refractivity contribution is 5.64. The highest BCUT2D eigenvalue weighted by atomic mass is 16.5. The summed E-state index contributed by atoms with van der Waals surface area (Å²) in [6.45, 7) is 7.85. The van der Waals surface area contributed by atoms with Gasteiger partial charge in [0.1, 0.15) is 23.7 Å². The van der Waals surface area contributed by atoms with Crippen LogP contribution in [0.4, 0.5) is 0 Å². The van der Waals surface area contributed by atoms with Gasteiger partial charge in [-0.2, -0.15) is 0 Å². The molecule has 0 aliphatic heterocycles. The van der Waals surface area contributed by atoms with Crippen molar-refractivity contribution < 1.29 is 14.6 Å². The van der Waals surface area contributed by atoms with Crippen LogP contribution in [0.2, 0.25) is 0 Å². The van der Waals surface area contributed by atoms with E-state index in [0.717, 1.165) is 59.0 Å². The van der Waals surface area contributed by atoms with Gasteiger partial charge in [0, 0.05) is 6.54 Å². The second-order valence-electron chi connectivity index (χ2n) is 8.78. The van der Waals surface area contributed by atoms with Crippen molar-refractivity contribution in [2.24, 2.45) is 0 Å². The Morgan fingerprint density at radius 1 is 0.639 bits per heavy atom. The summed E-state index contributed by atoms with van der Waals surface area (Å²) in [4.78, 5) is 2.33. The quantitative estimate of drug-likeness (QED) is 0.253. The van der Waals surface area contributed by atoms with Crippen LogP contribution in [0, 0.1) is 0 Å². The standard InChI is InChI=1S/C32H35NO3/c1-4-33(5-2)23-24-36-31-21-17-29(18-22-31)32(34,28-15-19-30(35-3)20-16-28)27-13-11-26(12-14-27)25-9-7-6-8-10-25/h6-22,34H,4-5,23-24H2,1-3H3. The first-order valence-electron chi connectivity index (χ1n) is 12.6. The minimum atomic E-state index is -1.33. The topological polar surface area (TPSA) is 41.9 Å². The average molecular weight is 482 g/mol. The lowest BCUT2D eigenvalue weighted by atomic mass is 9.80. The smallest absolute Gasteiger partial charge is 0.140 e. The SMILES string of the molecule is CCN(CC)CCOc1ccc(C(O)(c2ccc(OC)cc2)c2ccc(-c3ccccc3)cc2)cc1. The Labute approximate surface area is 214 Å². The zero-order valence-corrected chi connectivity index (χ0v) is 21.4. The molecular weight excluding hydrogens is 446 g/mol. The molecule has 186 valence electrons. The first kappa shape index (κ1) is 25.5. The van der Waals surface area contributed by atoms with E-state index >= 15 is 0 Å². The highest BCUT2D eigenvalue weighted by Crippen LogP contribution is 2.38. The summed E-state index contributed by atoms with van der Waals surface area (Å²) in [5, 5.41) is 12.3. The van der Waals surface area contributed by atoms with E-state index in [2.05, 4.69) is 43.0 Å². The Kier molecular flexibility index (Phi) is 8.42. The molecular formula is C32H35NO3. The number of methoxy groups -OCH3 is 1. The predicted molar refractivity (Wildman–Crippen MR) is 147 cm³/mol. The number of aliphatic hydroxyl groups is 1. The monoisotopic (exact) mass is 481 g/mol. The van der Waals surface area contributed by atoms with Crippen LogP contribution in [0.1, 0.15) is 30.5 Å². The second kappa shape index (κ2) is 11.9. The molecule has 0 aliphatic carbocycles. The molecule has 1 N–H and O–H groups in total. The molecule has 0 amide bonds. The van der Waals surface area contributed by atoms with Gasteiger partial charge in [-0.3, -0.25) is 0 Å². The van der Waals surface area contributed by atoms with E-state index in [4.69, 9.17) is 9.47 Å². The van der Waals surface area contributed by atoms with Crippen LogP contribution in [-0.4, -0.2) is 43.4 Å². The highest BCUT2D eigenvalue weighted by Gasteiger charge is 2.34. The van der Waals surface area contributed by atoms with Gasteiger partial charge in [0.25, 0.3) is 0 Å². The average Bonchev–Trinajstić information content (AvgIpc) is 2.96. The van der Waals surface area contributed by atoms with E-state index in [1.54, 1.807) is 7.11 Å². The molecule has 0 aliphatic rings. The van der Waals surface area contributed by atoms with Gasteiger partial charge in [0.2, 0.25) is 0 Å². The van der Waals surface area contributed by atoms with Crippen molar-refractivity contribution in [2.75, 3.05) is 33.4 Å². The lowest BCUT2D eigenvalue weighted by Gasteiger charge is -2.30. The van der Waals surface area contributed by atoms with Crippen LogP contribution in [-0.2, 0) is 5.60 Å². The molecule has 0 saturated heterocycles. The number of likely N-dealkylation sites (N-methyl/N-ethyl adjacent to an activating group) is 1. The summed E-state index contributed by atoms with van der Waals surface area (Å²) in [7, 11) is 1.64. The summed E-state index contributed by atoms with van der Waals surface area (Å²) in [6, 6.07) is 33.7. The molecule has 4 nitrogen and oxygen atoms in total. The third kappa shape index (κ3) is 5.62. The second-order valence-corrected chi connectivity index (χ2v) is 8.78. The van der Waals surface area contributed by atoms with E-state index in [9.17, 15) is 5.11 Å². The van der Waals surface area contributed by atoms with E-state index in [1.165, 1.54) is 0 Å². The van der Waals surface area contributed by atoms with Crippen molar-refractivity contribution >= 4 is 0 Å². The fourth-order valence-corrected chi connectivity index (χ4v) is 4.49. The van der Waals surface area contributed by atoms with Gasteiger partial charge in [0.05, 0.1) is 7.11 Å². The number of nitrogens with zero attached hydrogens (tertiary/aromatic N) is 1. The van der Waals surface area contributed by atoms with Crippen LogP contribution < -0.4 is 9.47 Å². The lowest BCUT2D eigenvalue weighted by Crippen LogP contribution is -2.29. The summed E-state index contributed by atoms with van der Waals surface area (Å²) in [5.74, 6) is 1.54. The van der Waals surface area contributed by atoms with Gasteiger partial charge in [-0.25, -0.2) is 0 Å². The van der Waals surface area contributed by atoms with Crippen LogP contribution >= 0.6 is 0 Å². The molecule has 4 aromatic carbocycles. The first-order chi connectivity index (χ1) is 17.6. The zero-order valence-electron chi connectivity index (χ0n) is 21.4. The number of hydrogen-bond donors (Lipinski definition) is 1. The number of rotatable bonds is 11. The third-order valence-electron chi connectivity index (χ3n) is 6.76. The van der Waals surface area contributed by atoms with Gasteiger partial charge in [-0.15, -0.1) is 0 Å². The molecule has 0 fully saturated rings. The van der Waals surface area contributed by atoms with E-state index in [-0.39, 0.29) is 0 Å². The summed E-state index contributed by atoms with van der Waals surface area (Å²) in [5.41, 5.74) is 3.25. The Morgan fingerprint density at radius 3 is 1.61 bits per heavy atom. The summed E-state index contributed by atoms with van der Waals surface area (Å²) < 4.78 is 11.3. The number of benzene rings is 4. The lowest BCUT2D eigenvalue weighted by molar-refractivity contribution is 0.125. The van der Waals surface area contributed by atoms with Crippen molar-refractivity contribution in [3.05, 3.63) is 120 Å². The molecule has 4 rings (SSSR count). The summed E-state index contributed by atoms with van der Waals surface area (Å²) >= 11 is 0. The molecule has 1 atom stereocenters. The van der Waals surface area contributed by atoms with Gasteiger partial charge >= 0.3 is 0 Å². The van der Waals surface area contributed by atoms with Crippen molar-refractivity contribution in [1.82, 2.24) is 4.90 Å². The predicted octanol–water partition coefficient (Wildman–Crippen LogP) is 6.37. The Morgan fingerprint density at radius 2 is 1.11 bits per heavy atom. The molecule has 0 heterocycles. The Hall–Kier alpha value is -3.60. The molecule has 36 heavy (non-hydrogen) atoms. The normalized spacial score (nSPS) is 12.8. The van der Waals surface area contributed by atoms with E-state index in [1.807, 2.05) is 78.9 Å². The Balaban J connectivity index is 1.65. The zero-order chi connectivity index (χ0) is 25.4. The van der Waals surface area contributed by atoms with E-state index in [0.29, 0.717) is 6.61 Å². The van der Waals surface area contributed by atoms with Crippen LogP contribution in [0.3, 0.4) is 0 Å². The number of hydrogen-bond acceptors (Lipinski definition) is 4. The van der Waals surface area contributed by atoms with Gasteiger partial charge in [0.15, 0.2) is 0 Å². The fourth-order valence-electron chi connectivity index (χ4n) is 4.49.